The number of hydrogen-bond donors (Lipinski definition) is 2. The predicted octanol–water partition coefficient (Wildman–Crippen LogP) is 5.01. The Morgan fingerprint density at radius 3 is 1.93 bits per heavy atom. The quantitative estimate of drug-likeness (QED) is 0.522. The maximum Gasteiger partial charge on any atom is 0.257 e. The van der Waals surface area contributed by atoms with Crippen LogP contribution in [0.25, 0.3) is 0 Å². The normalized spacial score (nSPS) is 24.5. The molecule has 0 aromatic carbocycles. The van der Waals surface area contributed by atoms with Gasteiger partial charge in [0.1, 0.15) is 5.54 Å². The highest BCUT2D eigenvalue weighted by atomic mass is 16.3. The lowest BCUT2D eigenvalue weighted by Gasteiger charge is -2.33. The Balaban J connectivity index is 1.74. The van der Waals surface area contributed by atoms with Crippen LogP contribution in [0.1, 0.15) is 110 Å². The molecule has 0 radical (unpaired) electrons. The van der Waals surface area contributed by atoms with Crippen LogP contribution >= 0.6 is 0 Å². The van der Waals surface area contributed by atoms with Crippen molar-refractivity contribution in [3.8, 4) is 0 Å². The van der Waals surface area contributed by atoms with Crippen molar-refractivity contribution >= 4 is 11.9 Å². The van der Waals surface area contributed by atoms with Gasteiger partial charge in [-0.2, -0.15) is 0 Å². The number of rotatable bonds is 10. The number of aliphatic hydroxyl groups excluding tert-OH is 1. The van der Waals surface area contributed by atoms with E-state index < -0.39 is 5.54 Å². The summed E-state index contributed by atoms with van der Waals surface area (Å²) in [5.41, 5.74) is 5.67. The van der Waals surface area contributed by atoms with E-state index in [0.717, 1.165) is 43.9 Å². The molecule has 30 heavy (non-hydrogen) atoms. The van der Waals surface area contributed by atoms with E-state index in [9.17, 15) is 9.90 Å². The lowest BCUT2D eigenvalue weighted by molar-refractivity contribution is -0.134. The minimum atomic E-state index is -0.691. The van der Waals surface area contributed by atoms with Gasteiger partial charge in [0.15, 0.2) is 5.96 Å². The topological polar surface area (TPSA) is 78.9 Å². The second-order valence-electron chi connectivity index (χ2n) is 10.7. The van der Waals surface area contributed by atoms with Gasteiger partial charge in [-0.25, -0.2) is 4.99 Å². The molecule has 5 nitrogen and oxygen atoms in total. The zero-order chi connectivity index (χ0) is 21.6. The number of nitrogens with two attached hydrogens (primary N) is 1. The monoisotopic (exact) mass is 419 g/mol. The maximum absolute atomic E-state index is 13.8. The van der Waals surface area contributed by atoms with E-state index >= 15 is 0 Å². The first-order chi connectivity index (χ1) is 14.4. The summed E-state index contributed by atoms with van der Waals surface area (Å²) in [4.78, 5) is 20.3. The fourth-order valence-electron chi connectivity index (χ4n) is 6.10. The van der Waals surface area contributed by atoms with E-state index in [4.69, 9.17) is 10.7 Å². The molecule has 1 heterocycles. The largest absolute Gasteiger partial charge is 0.394 e. The molecular formula is C25H45N3O2. The van der Waals surface area contributed by atoms with Crippen molar-refractivity contribution in [3.63, 3.8) is 0 Å². The first-order valence-electron chi connectivity index (χ1n) is 12.7. The number of nitrogens with zero attached hydrogens (tertiary/aromatic N) is 2. The molecule has 1 amide bonds. The molecular weight excluding hydrogens is 374 g/mol. The van der Waals surface area contributed by atoms with Gasteiger partial charge in [0.25, 0.3) is 5.91 Å². The van der Waals surface area contributed by atoms with Crippen molar-refractivity contribution in [2.24, 2.45) is 28.5 Å². The third kappa shape index (κ3) is 5.77. The van der Waals surface area contributed by atoms with Crippen LogP contribution in [-0.2, 0) is 4.79 Å². The summed E-state index contributed by atoms with van der Waals surface area (Å²) in [5, 5.41) is 10.0. The molecule has 1 aliphatic heterocycles. The Morgan fingerprint density at radius 1 is 1.00 bits per heavy atom. The Morgan fingerprint density at radius 2 is 1.50 bits per heavy atom. The minimum absolute atomic E-state index is 0.0541. The molecule has 172 valence electrons. The van der Waals surface area contributed by atoms with Crippen LogP contribution < -0.4 is 5.73 Å². The molecule has 0 saturated heterocycles. The number of hydrogen-bond acceptors (Lipinski definition) is 4. The lowest BCUT2D eigenvalue weighted by Crippen LogP contribution is -2.51. The maximum atomic E-state index is 13.8. The van der Waals surface area contributed by atoms with Gasteiger partial charge in [-0.05, 0) is 49.9 Å². The molecule has 0 aromatic heterocycles. The SMILES string of the molecule is CC(C)C[C@H](CO)N1C(=O)C(CCC2CCCCC2)(CCC2CCCCC2)N=C1N. The van der Waals surface area contributed by atoms with Gasteiger partial charge in [0.2, 0.25) is 0 Å². The van der Waals surface area contributed by atoms with Gasteiger partial charge in [0, 0.05) is 0 Å². The van der Waals surface area contributed by atoms with Crippen molar-refractivity contribution in [1.82, 2.24) is 4.90 Å². The Labute approximate surface area is 183 Å². The van der Waals surface area contributed by atoms with Crippen molar-refractivity contribution in [3.05, 3.63) is 0 Å². The van der Waals surface area contributed by atoms with E-state index in [1.54, 1.807) is 4.90 Å². The molecule has 2 saturated carbocycles. The summed E-state index contributed by atoms with van der Waals surface area (Å²) >= 11 is 0. The minimum Gasteiger partial charge on any atom is -0.394 e. The Kier molecular flexibility index (Phi) is 8.62. The molecule has 0 bridgehead atoms. The smallest absolute Gasteiger partial charge is 0.257 e. The van der Waals surface area contributed by atoms with E-state index in [0.29, 0.717) is 11.9 Å². The highest BCUT2D eigenvalue weighted by Gasteiger charge is 2.49. The molecule has 3 aliphatic rings. The van der Waals surface area contributed by atoms with Crippen LogP contribution in [0.15, 0.2) is 4.99 Å². The summed E-state index contributed by atoms with van der Waals surface area (Å²) in [5.74, 6) is 2.25. The fraction of sp³-hybridized carbons (Fsp3) is 0.920. The number of aliphatic hydroxyl groups is 1. The van der Waals surface area contributed by atoms with Crippen molar-refractivity contribution in [2.45, 2.75) is 122 Å². The van der Waals surface area contributed by atoms with Crippen LogP contribution in [0.5, 0.6) is 0 Å². The molecule has 0 unspecified atom stereocenters. The zero-order valence-electron chi connectivity index (χ0n) is 19.5. The molecule has 1 atom stereocenters. The average Bonchev–Trinajstić information content (AvgIpc) is 3.00. The van der Waals surface area contributed by atoms with Gasteiger partial charge in [0.05, 0.1) is 12.6 Å². The van der Waals surface area contributed by atoms with Crippen LogP contribution in [-0.4, -0.2) is 40.1 Å². The van der Waals surface area contributed by atoms with Crippen LogP contribution in [0, 0.1) is 17.8 Å². The van der Waals surface area contributed by atoms with Crippen LogP contribution in [0.2, 0.25) is 0 Å². The molecule has 0 aromatic rings. The summed E-state index contributed by atoms with van der Waals surface area (Å²) in [7, 11) is 0. The van der Waals surface area contributed by atoms with Gasteiger partial charge in [-0.1, -0.05) is 78.1 Å². The number of carbonyl (C=O) groups excluding carboxylic acids is 1. The average molecular weight is 420 g/mol. The lowest BCUT2D eigenvalue weighted by atomic mass is 9.77. The first kappa shape index (κ1) is 23.6. The number of carbonyl (C=O) groups is 1. The Bertz CT molecular complexity index is 555. The van der Waals surface area contributed by atoms with E-state index in [2.05, 4.69) is 13.8 Å². The second-order valence-corrected chi connectivity index (χ2v) is 10.7. The molecule has 2 aliphatic carbocycles. The van der Waals surface area contributed by atoms with E-state index in [1.807, 2.05) is 0 Å². The molecule has 2 fully saturated rings. The summed E-state index contributed by atoms with van der Waals surface area (Å²) in [6, 6.07) is -0.257. The fourth-order valence-corrected chi connectivity index (χ4v) is 6.10. The summed E-state index contributed by atoms with van der Waals surface area (Å²) in [6.07, 6.45) is 17.7. The van der Waals surface area contributed by atoms with Crippen molar-refractivity contribution < 1.29 is 9.90 Å². The Hall–Kier alpha value is -1.10. The van der Waals surface area contributed by atoms with Crippen molar-refractivity contribution in [1.29, 1.82) is 0 Å². The van der Waals surface area contributed by atoms with E-state index in [-0.39, 0.29) is 18.6 Å². The molecule has 0 spiro atoms. The molecule has 3 rings (SSSR count). The third-order valence-corrected chi connectivity index (χ3v) is 7.89. The standard InChI is InChI=1S/C25H45N3O2/c1-19(2)17-22(18-29)28-23(30)25(27-24(28)26,15-13-20-9-5-3-6-10-20)16-14-21-11-7-4-8-12-21/h19-22,29H,3-18H2,1-2H3,(H2,26,27)/t22-/m1/s1. The van der Waals surface area contributed by atoms with Gasteiger partial charge < -0.3 is 10.8 Å². The number of aliphatic imine (C=N–C) groups is 1. The van der Waals surface area contributed by atoms with Crippen molar-refractivity contribution in [2.75, 3.05) is 6.61 Å². The zero-order valence-corrected chi connectivity index (χ0v) is 19.5. The van der Waals surface area contributed by atoms with Gasteiger partial charge in [-0.3, -0.25) is 9.69 Å². The highest BCUT2D eigenvalue weighted by Crippen LogP contribution is 2.39. The van der Waals surface area contributed by atoms with Gasteiger partial charge in [-0.15, -0.1) is 0 Å². The van der Waals surface area contributed by atoms with Crippen LogP contribution in [0.4, 0.5) is 0 Å². The van der Waals surface area contributed by atoms with Crippen LogP contribution in [0.3, 0.4) is 0 Å². The highest BCUT2D eigenvalue weighted by molar-refractivity contribution is 6.07. The summed E-state index contributed by atoms with van der Waals surface area (Å²) in [6.45, 7) is 4.19. The third-order valence-electron chi connectivity index (χ3n) is 7.89. The van der Waals surface area contributed by atoms with Gasteiger partial charge >= 0.3 is 0 Å². The predicted molar refractivity (Wildman–Crippen MR) is 123 cm³/mol. The molecule has 5 heteroatoms. The molecule has 3 N–H and O–H groups in total. The number of amides is 1. The van der Waals surface area contributed by atoms with E-state index in [1.165, 1.54) is 64.2 Å². The summed E-state index contributed by atoms with van der Waals surface area (Å²) < 4.78 is 0. The first-order valence-corrected chi connectivity index (χ1v) is 12.7. The number of guanidine groups is 1. The second kappa shape index (κ2) is 11.0.